The maximum Gasteiger partial charge on any atom is 0.142 e. The van der Waals surface area contributed by atoms with E-state index in [1.165, 1.54) is 16.6 Å². The smallest absolute Gasteiger partial charge is 0.142 e. The second-order valence-electron chi connectivity index (χ2n) is 4.32. The predicted octanol–water partition coefficient (Wildman–Crippen LogP) is 2.64. The molecule has 0 saturated carbocycles. The van der Waals surface area contributed by atoms with Gasteiger partial charge in [-0.15, -0.1) is 0 Å². The molecular formula is C14H20N2O. The molecule has 17 heavy (non-hydrogen) atoms. The van der Waals surface area contributed by atoms with Gasteiger partial charge in [-0.25, -0.2) is 0 Å². The first-order valence-corrected chi connectivity index (χ1v) is 6.06. The van der Waals surface area contributed by atoms with E-state index in [4.69, 9.17) is 4.74 Å². The van der Waals surface area contributed by atoms with E-state index in [-0.39, 0.29) is 0 Å². The van der Waals surface area contributed by atoms with Crippen molar-refractivity contribution in [2.24, 2.45) is 0 Å². The highest BCUT2D eigenvalue weighted by atomic mass is 16.5. The van der Waals surface area contributed by atoms with Crippen LogP contribution in [0.15, 0.2) is 18.2 Å². The van der Waals surface area contributed by atoms with Gasteiger partial charge in [-0.3, -0.25) is 0 Å². The molecular weight excluding hydrogens is 212 g/mol. The Labute approximate surface area is 102 Å². The first-order chi connectivity index (χ1) is 8.27. The maximum absolute atomic E-state index is 5.38. The third-order valence-electron chi connectivity index (χ3n) is 3.19. The quantitative estimate of drug-likeness (QED) is 0.778. The van der Waals surface area contributed by atoms with E-state index in [1.807, 2.05) is 13.1 Å². The number of fused-ring (bicyclic) bond motifs is 1. The number of ether oxygens (including phenoxy) is 1. The molecule has 92 valence electrons. The van der Waals surface area contributed by atoms with Crippen LogP contribution in [0.3, 0.4) is 0 Å². The van der Waals surface area contributed by atoms with Crippen LogP contribution in [-0.4, -0.2) is 25.7 Å². The highest BCUT2D eigenvalue weighted by Crippen LogP contribution is 2.29. The molecule has 0 aliphatic heterocycles. The van der Waals surface area contributed by atoms with Crippen molar-refractivity contribution in [1.82, 2.24) is 10.3 Å². The number of H-pyrrole nitrogens is 1. The molecule has 3 heteroatoms. The molecule has 0 spiro atoms. The highest BCUT2D eigenvalue weighted by molar-refractivity contribution is 5.89. The number of benzene rings is 1. The number of aryl methyl sites for hydroxylation is 2. The first-order valence-electron chi connectivity index (χ1n) is 6.06. The Balaban J connectivity index is 2.38. The summed E-state index contributed by atoms with van der Waals surface area (Å²) in [6.07, 6.45) is 2.25. The predicted molar refractivity (Wildman–Crippen MR) is 71.8 cm³/mol. The minimum absolute atomic E-state index is 0.922. The minimum atomic E-state index is 0.922. The van der Waals surface area contributed by atoms with Crippen LogP contribution in [0.5, 0.6) is 5.75 Å². The second kappa shape index (κ2) is 5.23. The van der Waals surface area contributed by atoms with Gasteiger partial charge < -0.3 is 15.0 Å². The Morgan fingerprint density at radius 3 is 2.88 bits per heavy atom. The lowest BCUT2D eigenvalue weighted by Crippen LogP contribution is -2.08. The summed E-state index contributed by atoms with van der Waals surface area (Å²) in [4.78, 5) is 3.43. The molecule has 0 amide bonds. The Morgan fingerprint density at radius 1 is 1.35 bits per heavy atom. The van der Waals surface area contributed by atoms with Crippen molar-refractivity contribution < 1.29 is 4.74 Å². The maximum atomic E-state index is 5.38. The largest absolute Gasteiger partial charge is 0.495 e. The van der Waals surface area contributed by atoms with Gasteiger partial charge in [0.25, 0.3) is 0 Å². The van der Waals surface area contributed by atoms with E-state index in [1.54, 1.807) is 7.11 Å². The molecule has 0 atom stereocenters. The number of nitrogens with one attached hydrogen (secondary N) is 2. The van der Waals surface area contributed by atoms with Crippen molar-refractivity contribution in [3.05, 3.63) is 29.5 Å². The average Bonchev–Trinajstić information content (AvgIpc) is 2.66. The van der Waals surface area contributed by atoms with Crippen molar-refractivity contribution in [1.29, 1.82) is 0 Å². The zero-order valence-corrected chi connectivity index (χ0v) is 10.8. The van der Waals surface area contributed by atoms with E-state index >= 15 is 0 Å². The SMILES string of the molecule is CNCCCc1c(C)[nH]c2c(OC)cccc12. The molecule has 0 aliphatic carbocycles. The van der Waals surface area contributed by atoms with Crippen LogP contribution in [0, 0.1) is 6.92 Å². The van der Waals surface area contributed by atoms with Crippen LogP contribution in [0.25, 0.3) is 10.9 Å². The summed E-state index contributed by atoms with van der Waals surface area (Å²) in [5.74, 6) is 0.922. The van der Waals surface area contributed by atoms with Crippen molar-refractivity contribution >= 4 is 10.9 Å². The Kier molecular flexibility index (Phi) is 3.69. The monoisotopic (exact) mass is 232 g/mol. The number of aromatic nitrogens is 1. The first kappa shape index (κ1) is 12.0. The van der Waals surface area contributed by atoms with Crippen LogP contribution >= 0.6 is 0 Å². The topological polar surface area (TPSA) is 37.0 Å². The zero-order valence-electron chi connectivity index (χ0n) is 10.8. The fourth-order valence-corrected chi connectivity index (χ4v) is 2.31. The lowest BCUT2D eigenvalue weighted by atomic mass is 10.1. The van der Waals surface area contributed by atoms with Gasteiger partial charge in [0.2, 0.25) is 0 Å². The lowest BCUT2D eigenvalue weighted by Gasteiger charge is -2.03. The summed E-state index contributed by atoms with van der Waals surface area (Å²) in [5.41, 5.74) is 3.78. The fraction of sp³-hybridized carbons (Fsp3) is 0.429. The molecule has 1 aromatic heterocycles. The van der Waals surface area contributed by atoms with Crippen molar-refractivity contribution in [2.45, 2.75) is 19.8 Å². The number of aromatic amines is 1. The summed E-state index contributed by atoms with van der Waals surface area (Å²) in [5, 5.41) is 4.48. The summed E-state index contributed by atoms with van der Waals surface area (Å²) < 4.78 is 5.38. The second-order valence-corrected chi connectivity index (χ2v) is 4.32. The normalized spacial score (nSPS) is 11.0. The van der Waals surface area contributed by atoms with Crippen LogP contribution < -0.4 is 10.1 Å². The molecule has 3 nitrogen and oxygen atoms in total. The van der Waals surface area contributed by atoms with Crippen molar-refractivity contribution in [2.75, 3.05) is 20.7 Å². The van der Waals surface area contributed by atoms with Crippen molar-refractivity contribution in [3.63, 3.8) is 0 Å². The van der Waals surface area contributed by atoms with E-state index in [0.29, 0.717) is 0 Å². The highest BCUT2D eigenvalue weighted by Gasteiger charge is 2.10. The Hall–Kier alpha value is -1.48. The van der Waals surface area contributed by atoms with E-state index in [0.717, 1.165) is 30.7 Å². The third kappa shape index (κ3) is 2.29. The van der Waals surface area contributed by atoms with Gasteiger partial charge in [-0.2, -0.15) is 0 Å². The standard InChI is InChI=1S/C14H20N2O/c1-10-11(7-5-9-15-2)12-6-4-8-13(17-3)14(12)16-10/h4,6,8,15-16H,5,7,9H2,1-3H3. The van der Waals surface area contributed by atoms with Crippen LogP contribution in [0.1, 0.15) is 17.7 Å². The third-order valence-corrected chi connectivity index (χ3v) is 3.19. The molecule has 0 saturated heterocycles. The summed E-state index contributed by atoms with van der Waals surface area (Å²) >= 11 is 0. The van der Waals surface area contributed by atoms with Crippen molar-refractivity contribution in [3.8, 4) is 5.75 Å². The number of methoxy groups -OCH3 is 1. The van der Waals surface area contributed by atoms with Gasteiger partial charge in [0.15, 0.2) is 0 Å². The molecule has 1 heterocycles. The lowest BCUT2D eigenvalue weighted by molar-refractivity contribution is 0.419. The molecule has 2 N–H and O–H groups in total. The molecule has 0 bridgehead atoms. The van der Waals surface area contributed by atoms with Crippen LogP contribution in [0.4, 0.5) is 0 Å². The Morgan fingerprint density at radius 2 is 2.18 bits per heavy atom. The number of hydrogen-bond donors (Lipinski definition) is 2. The average molecular weight is 232 g/mol. The Bertz CT molecular complexity index is 502. The summed E-state index contributed by atoms with van der Waals surface area (Å²) in [7, 11) is 3.71. The molecule has 0 fully saturated rings. The molecule has 2 aromatic rings. The van der Waals surface area contributed by atoms with E-state index in [2.05, 4.69) is 29.4 Å². The van der Waals surface area contributed by atoms with Crippen LogP contribution in [-0.2, 0) is 6.42 Å². The van der Waals surface area contributed by atoms with E-state index in [9.17, 15) is 0 Å². The van der Waals surface area contributed by atoms with Gasteiger partial charge >= 0.3 is 0 Å². The molecule has 0 aliphatic rings. The van der Waals surface area contributed by atoms with Gasteiger partial charge in [0.1, 0.15) is 5.75 Å². The molecule has 0 radical (unpaired) electrons. The zero-order chi connectivity index (χ0) is 12.3. The molecule has 0 unspecified atom stereocenters. The number of hydrogen-bond acceptors (Lipinski definition) is 2. The summed E-state index contributed by atoms with van der Waals surface area (Å²) in [6, 6.07) is 6.21. The van der Waals surface area contributed by atoms with Gasteiger partial charge in [-0.05, 0) is 45.0 Å². The van der Waals surface area contributed by atoms with E-state index < -0.39 is 0 Å². The van der Waals surface area contributed by atoms with Gasteiger partial charge in [0, 0.05) is 11.1 Å². The molecule has 2 rings (SSSR count). The molecule has 1 aromatic carbocycles. The number of para-hydroxylation sites is 1. The number of rotatable bonds is 5. The van der Waals surface area contributed by atoms with Gasteiger partial charge in [-0.1, -0.05) is 12.1 Å². The fourth-order valence-electron chi connectivity index (χ4n) is 2.31. The van der Waals surface area contributed by atoms with Crippen LogP contribution in [0.2, 0.25) is 0 Å². The minimum Gasteiger partial charge on any atom is -0.495 e. The van der Waals surface area contributed by atoms with Gasteiger partial charge in [0.05, 0.1) is 12.6 Å². The summed E-state index contributed by atoms with van der Waals surface area (Å²) in [6.45, 7) is 3.18.